The normalized spacial score (nSPS) is 31.2. The van der Waals surface area contributed by atoms with Crippen molar-refractivity contribution in [1.82, 2.24) is 15.1 Å². The van der Waals surface area contributed by atoms with Crippen LogP contribution in [0.1, 0.15) is 52.4 Å². The van der Waals surface area contributed by atoms with Gasteiger partial charge in [-0.25, -0.2) is 0 Å². The zero-order valence-corrected chi connectivity index (χ0v) is 20.4. The zero-order valence-electron chi connectivity index (χ0n) is 20.4. The van der Waals surface area contributed by atoms with Crippen LogP contribution in [-0.2, 0) is 4.79 Å². The Labute approximate surface area is 194 Å². The van der Waals surface area contributed by atoms with Gasteiger partial charge in [-0.1, -0.05) is 32.0 Å². The van der Waals surface area contributed by atoms with Crippen molar-refractivity contribution in [3.05, 3.63) is 30.3 Å². The minimum absolute atomic E-state index is 0.339. The lowest BCUT2D eigenvalue weighted by molar-refractivity contribution is -0.133. The number of hydrogen-bond acceptors (Lipinski definition) is 4. The molecule has 176 valence electrons. The van der Waals surface area contributed by atoms with Crippen molar-refractivity contribution in [2.75, 3.05) is 51.3 Å². The highest BCUT2D eigenvalue weighted by Crippen LogP contribution is 2.62. The highest BCUT2D eigenvalue weighted by Gasteiger charge is 2.55. The molecular weight excluding hydrogens is 396 g/mol. The Bertz CT molecular complexity index is 799. The molecule has 32 heavy (non-hydrogen) atoms. The van der Waals surface area contributed by atoms with Crippen molar-refractivity contribution in [2.45, 2.75) is 57.9 Å². The van der Waals surface area contributed by atoms with Crippen molar-refractivity contribution >= 4 is 11.6 Å². The molecule has 1 spiro atoms. The van der Waals surface area contributed by atoms with Gasteiger partial charge in [-0.05, 0) is 87.4 Å². The molecule has 5 aliphatic rings. The van der Waals surface area contributed by atoms with E-state index in [1.807, 2.05) is 7.05 Å². The first kappa shape index (κ1) is 22.2. The molecule has 5 heteroatoms. The standard InChI is InChI=1S/C27H42N4O/c1-26(2)22-10-9-21(24(26)19-22)11-15-29-16-12-27(13-17-29)25(32)30(18-14-28-3)20-31(27)23-7-5-4-6-8-23/h4-8,21-22,24,28H,9-20H2,1-3H3. The van der Waals surface area contributed by atoms with Crippen LogP contribution in [0, 0.1) is 23.2 Å². The van der Waals surface area contributed by atoms with E-state index < -0.39 is 0 Å². The van der Waals surface area contributed by atoms with Crippen LogP contribution in [-0.4, -0.2) is 67.7 Å². The maximum atomic E-state index is 13.6. The lowest BCUT2D eigenvalue weighted by atomic mass is 9.45. The molecule has 2 bridgehead atoms. The van der Waals surface area contributed by atoms with Gasteiger partial charge >= 0.3 is 0 Å². The average molecular weight is 439 g/mol. The minimum Gasteiger partial charge on any atom is -0.339 e. The number of carbonyl (C=O) groups is 1. The van der Waals surface area contributed by atoms with Crippen molar-refractivity contribution < 1.29 is 4.79 Å². The molecule has 5 nitrogen and oxygen atoms in total. The second-order valence-corrected chi connectivity index (χ2v) is 11.4. The van der Waals surface area contributed by atoms with E-state index in [0.29, 0.717) is 18.0 Å². The van der Waals surface area contributed by atoms with Crippen molar-refractivity contribution in [3.63, 3.8) is 0 Å². The van der Waals surface area contributed by atoms with Crippen LogP contribution in [0.5, 0.6) is 0 Å². The molecule has 6 rings (SSSR count). The van der Waals surface area contributed by atoms with Gasteiger partial charge in [0.25, 0.3) is 0 Å². The first-order valence-electron chi connectivity index (χ1n) is 12.9. The molecule has 5 fully saturated rings. The fourth-order valence-electron chi connectivity index (χ4n) is 7.42. The van der Waals surface area contributed by atoms with Crippen LogP contribution in [0.25, 0.3) is 0 Å². The monoisotopic (exact) mass is 438 g/mol. The number of piperidine rings is 1. The number of nitrogens with zero attached hydrogens (tertiary/aromatic N) is 3. The van der Waals surface area contributed by atoms with E-state index >= 15 is 0 Å². The number of anilines is 1. The largest absolute Gasteiger partial charge is 0.339 e. The van der Waals surface area contributed by atoms with E-state index in [9.17, 15) is 4.79 Å². The molecule has 2 saturated heterocycles. The number of rotatable bonds is 7. The molecule has 1 aromatic rings. The zero-order chi connectivity index (χ0) is 22.3. The third-order valence-corrected chi connectivity index (χ3v) is 9.71. The number of carbonyl (C=O) groups excluding carboxylic acids is 1. The minimum atomic E-state index is -0.361. The van der Waals surface area contributed by atoms with Gasteiger partial charge in [0.05, 0.1) is 6.67 Å². The van der Waals surface area contributed by atoms with Gasteiger partial charge < -0.3 is 20.0 Å². The molecule has 2 heterocycles. The maximum Gasteiger partial charge on any atom is 0.250 e. The van der Waals surface area contributed by atoms with Crippen molar-refractivity contribution in [3.8, 4) is 0 Å². The predicted molar refractivity (Wildman–Crippen MR) is 131 cm³/mol. The van der Waals surface area contributed by atoms with Crippen molar-refractivity contribution in [1.29, 1.82) is 0 Å². The summed E-state index contributed by atoms with van der Waals surface area (Å²) in [6, 6.07) is 10.6. The van der Waals surface area contributed by atoms with Gasteiger partial charge in [0.2, 0.25) is 5.91 Å². The van der Waals surface area contributed by atoms with E-state index in [1.54, 1.807) is 0 Å². The molecule has 3 saturated carbocycles. The first-order valence-corrected chi connectivity index (χ1v) is 12.9. The first-order chi connectivity index (χ1) is 15.5. The Morgan fingerprint density at radius 2 is 1.81 bits per heavy atom. The summed E-state index contributed by atoms with van der Waals surface area (Å²) in [4.78, 5) is 20.8. The quantitative estimate of drug-likeness (QED) is 0.703. The van der Waals surface area contributed by atoms with E-state index in [-0.39, 0.29) is 5.54 Å². The molecule has 2 aliphatic heterocycles. The molecule has 3 aliphatic carbocycles. The Hall–Kier alpha value is -1.59. The van der Waals surface area contributed by atoms with Gasteiger partial charge in [0.15, 0.2) is 0 Å². The van der Waals surface area contributed by atoms with Crippen LogP contribution in [0.4, 0.5) is 5.69 Å². The van der Waals surface area contributed by atoms with Gasteiger partial charge in [-0.2, -0.15) is 0 Å². The molecule has 0 aromatic heterocycles. The summed E-state index contributed by atoms with van der Waals surface area (Å²) in [6.07, 6.45) is 7.59. The Balaban J connectivity index is 1.23. The Morgan fingerprint density at radius 1 is 1.06 bits per heavy atom. The van der Waals surface area contributed by atoms with Gasteiger partial charge in [0.1, 0.15) is 5.54 Å². The Morgan fingerprint density at radius 3 is 2.47 bits per heavy atom. The number of para-hydroxylation sites is 1. The molecule has 3 atom stereocenters. The predicted octanol–water partition coefficient (Wildman–Crippen LogP) is 3.81. The van der Waals surface area contributed by atoms with Crippen LogP contribution in [0.15, 0.2) is 30.3 Å². The van der Waals surface area contributed by atoms with Crippen LogP contribution in [0.2, 0.25) is 0 Å². The second-order valence-electron chi connectivity index (χ2n) is 11.4. The van der Waals surface area contributed by atoms with E-state index in [1.165, 1.54) is 37.9 Å². The summed E-state index contributed by atoms with van der Waals surface area (Å²) in [7, 11) is 1.96. The topological polar surface area (TPSA) is 38.8 Å². The summed E-state index contributed by atoms with van der Waals surface area (Å²) >= 11 is 0. The van der Waals surface area contributed by atoms with Crippen LogP contribution in [0.3, 0.4) is 0 Å². The average Bonchev–Trinajstić information content (AvgIpc) is 3.09. The number of likely N-dealkylation sites (tertiary alicyclic amines) is 1. The fourth-order valence-corrected chi connectivity index (χ4v) is 7.42. The summed E-state index contributed by atoms with van der Waals surface area (Å²) < 4.78 is 0. The number of hydrogen-bond donors (Lipinski definition) is 1. The van der Waals surface area contributed by atoms with Crippen LogP contribution < -0.4 is 10.2 Å². The van der Waals surface area contributed by atoms with E-state index in [0.717, 1.165) is 56.8 Å². The lowest BCUT2D eigenvalue weighted by Crippen LogP contribution is -2.57. The third-order valence-electron chi connectivity index (χ3n) is 9.71. The number of likely N-dealkylation sites (N-methyl/N-ethyl adjacent to an activating group) is 1. The molecule has 1 aromatic carbocycles. The summed E-state index contributed by atoms with van der Waals surface area (Å²) in [5.74, 6) is 3.19. The molecule has 1 N–H and O–H groups in total. The van der Waals surface area contributed by atoms with Crippen LogP contribution >= 0.6 is 0 Å². The fraction of sp³-hybridized carbons (Fsp3) is 0.741. The highest BCUT2D eigenvalue weighted by molar-refractivity contribution is 5.93. The number of fused-ring (bicyclic) bond motifs is 2. The molecular formula is C27H42N4O. The maximum absolute atomic E-state index is 13.6. The highest BCUT2D eigenvalue weighted by atomic mass is 16.2. The van der Waals surface area contributed by atoms with E-state index in [2.05, 4.69) is 64.2 Å². The number of amides is 1. The lowest BCUT2D eigenvalue weighted by Gasteiger charge is -2.60. The van der Waals surface area contributed by atoms with Gasteiger partial charge in [-0.3, -0.25) is 4.79 Å². The van der Waals surface area contributed by atoms with E-state index in [4.69, 9.17) is 0 Å². The number of nitrogens with one attached hydrogen (secondary N) is 1. The summed E-state index contributed by atoms with van der Waals surface area (Å²) in [6.45, 7) is 10.6. The summed E-state index contributed by atoms with van der Waals surface area (Å²) in [5, 5.41) is 3.21. The smallest absolute Gasteiger partial charge is 0.250 e. The van der Waals surface area contributed by atoms with Gasteiger partial charge in [-0.15, -0.1) is 0 Å². The summed E-state index contributed by atoms with van der Waals surface area (Å²) in [5.41, 5.74) is 1.41. The van der Waals surface area contributed by atoms with Gasteiger partial charge in [0, 0.05) is 31.9 Å². The molecule has 1 amide bonds. The molecule has 3 unspecified atom stereocenters. The molecule has 0 radical (unpaired) electrons. The Kier molecular flexibility index (Phi) is 6.00. The van der Waals surface area contributed by atoms with Crippen molar-refractivity contribution in [2.24, 2.45) is 23.2 Å². The SMILES string of the molecule is CNCCN1CN(c2ccccc2)C2(CCN(CCC3CCC4CC3C4(C)C)CC2)C1=O. The number of benzene rings is 1. The second kappa shape index (κ2) is 8.64. The third kappa shape index (κ3) is 3.66.